The van der Waals surface area contributed by atoms with Crippen LogP contribution in [0.1, 0.15) is 51.2 Å². The van der Waals surface area contributed by atoms with Crippen LogP contribution in [0.2, 0.25) is 0 Å². The van der Waals surface area contributed by atoms with Crippen LogP contribution in [0, 0.1) is 6.92 Å². The molecule has 0 aliphatic carbocycles. The highest BCUT2D eigenvalue weighted by atomic mass is 16.3. The summed E-state index contributed by atoms with van der Waals surface area (Å²) in [5.74, 6) is 1.05. The number of aromatic nitrogens is 1. The Labute approximate surface area is 111 Å². The lowest BCUT2D eigenvalue weighted by atomic mass is 10.1. The Morgan fingerprint density at radius 2 is 2.06 bits per heavy atom. The van der Waals surface area contributed by atoms with Crippen LogP contribution in [-0.4, -0.2) is 22.7 Å². The van der Waals surface area contributed by atoms with Crippen LogP contribution >= 0.6 is 0 Å². The monoisotopic (exact) mass is 250 g/mol. The van der Waals surface area contributed by atoms with Crippen LogP contribution in [0.15, 0.2) is 12.3 Å². The molecule has 0 aromatic carbocycles. The van der Waals surface area contributed by atoms with Gasteiger partial charge >= 0.3 is 0 Å². The number of anilines is 1. The molecule has 0 radical (unpaired) electrons. The molecule has 0 aliphatic rings. The number of unbranched alkanes of at least 4 members (excludes halogenated alkanes) is 2. The van der Waals surface area contributed by atoms with E-state index in [2.05, 4.69) is 37.6 Å². The van der Waals surface area contributed by atoms with Gasteiger partial charge in [-0.25, -0.2) is 4.98 Å². The molecule has 3 heteroatoms. The number of pyridine rings is 1. The lowest BCUT2D eigenvalue weighted by Gasteiger charge is -2.29. The predicted molar refractivity (Wildman–Crippen MR) is 76.9 cm³/mol. The van der Waals surface area contributed by atoms with Crippen molar-refractivity contribution in [1.29, 1.82) is 0 Å². The number of aliphatic hydroxyl groups excluding tert-OH is 1. The Balaban J connectivity index is 2.84. The van der Waals surface area contributed by atoms with Gasteiger partial charge in [0.05, 0.1) is 6.61 Å². The van der Waals surface area contributed by atoms with Crippen LogP contribution in [0.4, 0.5) is 5.82 Å². The summed E-state index contributed by atoms with van der Waals surface area (Å²) < 4.78 is 0. The van der Waals surface area contributed by atoms with Crippen molar-refractivity contribution in [2.45, 2.75) is 59.6 Å². The summed E-state index contributed by atoms with van der Waals surface area (Å²) in [6.45, 7) is 9.81. The number of hydrogen-bond donors (Lipinski definition) is 1. The van der Waals surface area contributed by atoms with E-state index in [9.17, 15) is 0 Å². The quantitative estimate of drug-likeness (QED) is 0.754. The maximum Gasteiger partial charge on any atom is 0.131 e. The van der Waals surface area contributed by atoms with Crippen molar-refractivity contribution >= 4 is 5.82 Å². The van der Waals surface area contributed by atoms with Crippen molar-refractivity contribution in [3.05, 3.63) is 23.4 Å². The summed E-state index contributed by atoms with van der Waals surface area (Å²) in [5, 5.41) is 9.12. The van der Waals surface area contributed by atoms with Crippen molar-refractivity contribution < 1.29 is 5.11 Å². The molecule has 0 saturated carbocycles. The maximum absolute atomic E-state index is 9.12. The Hall–Kier alpha value is -1.09. The van der Waals surface area contributed by atoms with Gasteiger partial charge in [-0.3, -0.25) is 0 Å². The molecule has 18 heavy (non-hydrogen) atoms. The molecule has 1 rings (SSSR count). The number of aryl methyl sites for hydroxylation is 1. The van der Waals surface area contributed by atoms with E-state index in [1.165, 1.54) is 19.3 Å². The summed E-state index contributed by atoms with van der Waals surface area (Å²) in [6, 6.07) is 2.48. The average Bonchev–Trinajstić information content (AvgIpc) is 2.35. The lowest BCUT2D eigenvalue weighted by Crippen LogP contribution is -2.33. The minimum Gasteiger partial charge on any atom is -0.392 e. The zero-order valence-corrected chi connectivity index (χ0v) is 12.1. The highest BCUT2D eigenvalue weighted by Gasteiger charge is 2.14. The molecule has 0 aliphatic heterocycles. The Bertz CT molecular complexity index is 364. The molecule has 0 amide bonds. The first-order valence-corrected chi connectivity index (χ1v) is 6.93. The predicted octanol–water partition coefficient (Wildman–Crippen LogP) is 3.29. The molecule has 0 spiro atoms. The van der Waals surface area contributed by atoms with Crippen molar-refractivity contribution in [3.63, 3.8) is 0 Å². The van der Waals surface area contributed by atoms with E-state index < -0.39 is 0 Å². The summed E-state index contributed by atoms with van der Waals surface area (Å²) in [7, 11) is 0. The second kappa shape index (κ2) is 7.37. The van der Waals surface area contributed by atoms with Crippen LogP contribution in [0.25, 0.3) is 0 Å². The largest absolute Gasteiger partial charge is 0.392 e. The molecule has 3 nitrogen and oxygen atoms in total. The van der Waals surface area contributed by atoms with Crippen molar-refractivity contribution in [1.82, 2.24) is 4.98 Å². The van der Waals surface area contributed by atoms with Gasteiger partial charge in [0.2, 0.25) is 0 Å². The van der Waals surface area contributed by atoms with E-state index in [1.54, 1.807) is 6.20 Å². The Morgan fingerprint density at radius 3 is 2.56 bits per heavy atom. The topological polar surface area (TPSA) is 36.4 Å². The van der Waals surface area contributed by atoms with E-state index in [-0.39, 0.29) is 6.61 Å². The summed E-state index contributed by atoms with van der Waals surface area (Å²) >= 11 is 0. The number of nitrogens with zero attached hydrogens (tertiary/aromatic N) is 2. The zero-order chi connectivity index (χ0) is 13.5. The Morgan fingerprint density at radius 1 is 1.33 bits per heavy atom. The molecular weight excluding hydrogens is 224 g/mol. The van der Waals surface area contributed by atoms with Crippen LogP contribution in [0.3, 0.4) is 0 Å². The van der Waals surface area contributed by atoms with Gasteiger partial charge in [-0.1, -0.05) is 19.8 Å². The van der Waals surface area contributed by atoms with Crippen molar-refractivity contribution in [3.8, 4) is 0 Å². The van der Waals surface area contributed by atoms with Crippen molar-refractivity contribution in [2.24, 2.45) is 0 Å². The first-order chi connectivity index (χ1) is 8.60. The minimum atomic E-state index is 0.0611. The number of rotatable bonds is 7. The van der Waals surface area contributed by atoms with Crippen LogP contribution < -0.4 is 4.90 Å². The average molecular weight is 250 g/mol. The zero-order valence-electron chi connectivity index (χ0n) is 12.1. The van der Waals surface area contributed by atoms with Gasteiger partial charge in [0.15, 0.2) is 0 Å². The summed E-state index contributed by atoms with van der Waals surface area (Å²) in [5.41, 5.74) is 2.03. The molecule has 0 saturated heterocycles. The first kappa shape index (κ1) is 15.0. The summed E-state index contributed by atoms with van der Waals surface area (Å²) in [6.07, 6.45) is 5.48. The molecule has 1 aromatic heterocycles. The Kier molecular flexibility index (Phi) is 6.13. The van der Waals surface area contributed by atoms with E-state index in [4.69, 9.17) is 5.11 Å². The van der Waals surface area contributed by atoms with Gasteiger partial charge in [0.25, 0.3) is 0 Å². The van der Waals surface area contributed by atoms with E-state index in [0.717, 1.165) is 23.5 Å². The summed E-state index contributed by atoms with van der Waals surface area (Å²) in [4.78, 5) is 6.87. The minimum absolute atomic E-state index is 0.0611. The van der Waals surface area contributed by atoms with E-state index in [0.29, 0.717) is 6.04 Å². The first-order valence-electron chi connectivity index (χ1n) is 6.93. The molecular formula is C15H26N2O. The molecule has 0 atom stereocenters. The van der Waals surface area contributed by atoms with Crippen LogP contribution in [-0.2, 0) is 6.61 Å². The van der Waals surface area contributed by atoms with Gasteiger partial charge < -0.3 is 10.0 Å². The highest BCUT2D eigenvalue weighted by molar-refractivity contribution is 5.48. The highest BCUT2D eigenvalue weighted by Crippen LogP contribution is 2.21. The SMILES string of the molecule is CCCCCN(c1ncc(CO)cc1C)C(C)C. The van der Waals surface area contributed by atoms with Gasteiger partial charge in [-0.15, -0.1) is 0 Å². The normalized spacial score (nSPS) is 11.0. The third kappa shape index (κ3) is 3.98. The van der Waals surface area contributed by atoms with E-state index in [1.807, 2.05) is 6.07 Å². The molecule has 102 valence electrons. The second-order valence-electron chi connectivity index (χ2n) is 5.14. The molecule has 1 aromatic rings. The lowest BCUT2D eigenvalue weighted by molar-refractivity contribution is 0.281. The maximum atomic E-state index is 9.12. The third-order valence-corrected chi connectivity index (χ3v) is 3.19. The van der Waals surface area contributed by atoms with E-state index >= 15 is 0 Å². The van der Waals surface area contributed by atoms with Gasteiger partial charge in [0.1, 0.15) is 5.82 Å². The van der Waals surface area contributed by atoms with Crippen LogP contribution in [0.5, 0.6) is 0 Å². The van der Waals surface area contributed by atoms with Gasteiger partial charge in [-0.2, -0.15) is 0 Å². The number of aliphatic hydroxyl groups is 1. The molecule has 0 bridgehead atoms. The fourth-order valence-electron chi connectivity index (χ4n) is 2.15. The van der Waals surface area contributed by atoms with Gasteiger partial charge in [0, 0.05) is 18.8 Å². The van der Waals surface area contributed by atoms with Gasteiger partial charge in [-0.05, 0) is 44.4 Å². The molecule has 1 N–H and O–H groups in total. The molecule has 0 unspecified atom stereocenters. The third-order valence-electron chi connectivity index (χ3n) is 3.19. The molecule has 0 fully saturated rings. The van der Waals surface area contributed by atoms with Crippen molar-refractivity contribution in [2.75, 3.05) is 11.4 Å². The standard InChI is InChI=1S/C15H26N2O/c1-5-6-7-8-17(12(2)3)15-13(4)9-14(11-18)10-16-15/h9-10,12,18H,5-8,11H2,1-4H3. The fraction of sp³-hybridized carbons (Fsp3) is 0.667. The smallest absolute Gasteiger partial charge is 0.131 e. The molecule has 1 heterocycles. The number of hydrogen-bond acceptors (Lipinski definition) is 3. The fourth-order valence-corrected chi connectivity index (χ4v) is 2.15. The second-order valence-corrected chi connectivity index (χ2v) is 5.14.